The van der Waals surface area contributed by atoms with Gasteiger partial charge in [-0.15, -0.1) is 0 Å². The van der Waals surface area contributed by atoms with Crippen LogP contribution in [0.1, 0.15) is 5.56 Å². The van der Waals surface area contributed by atoms with Crippen LogP contribution in [0.25, 0.3) is 22.5 Å². The predicted octanol–water partition coefficient (Wildman–Crippen LogP) is 5.04. The lowest BCUT2D eigenvalue weighted by atomic mass is 10.0. The number of nitriles is 1. The molecule has 0 aliphatic rings. The molecular weight excluding hydrogens is 332 g/mol. The fourth-order valence-corrected chi connectivity index (χ4v) is 2.49. The highest BCUT2D eigenvalue weighted by Crippen LogP contribution is 2.30. The number of nitrogens with zero attached hydrogens (tertiary/aromatic N) is 2. The summed E-state index contributed by atoms with van der Waals surface area (Å²) in [7, 11) is 0. The summed E-state index contributed by atoms with van der Waals surface area (Å²) in [5.74, 6) is -4.32. The molecule has 0 bridgehead atoms. The fourth-order valence-electron chi connectivity index (χ4n) is 2.49. The molecule has 0 radical (unpaired) electrons. The van der Waals surface area contributed by atoms with Gasteiger partial charge in [0.05, 0.1) is 23.9 Å². The third-order valence-electron chi connectivity index (χ3n) is 3.68. The van der Waals surface area contributed by atoms with Crippen molar-refractivity contribution < 1.29 is 17.6 Å². The maximum atomic E-state index is 14.2. The Balaban J connectivity index is 2.24. The van der Waals surface area contributed by atoms with E-state index in [-0.39, 0.29) is 28.9 Å². The van der Waals surface area contributed by atoms with Crippen LogP contribution >= 0.6 is 0 Å². The van der Waals surface area contributed by atoms with Gasteiger partial charge in [0.2, 0.25) is 0 Å². The van der Waals surface area contributed by atoms with Crippen LogP contribution in [-0.4, -0.2) is 4.98 Å². The van der Waals surface area contributed by atoms with Gasteiger partial charge in [-0.05, 0) is 35.9 Å². The van der Waals surface area contributed by atoms with E-state index in [4.69, 9.17) is 5.26 Å². The molecule has 2 nitrogen and oxygen atoms in total. The zero-order valence-corrected chi connectivity index (χ0v) is 12.7. The van der Waals surface area contributed by atoms with Crippen LogP contribution in [-0.2, 0) is 6.42 Å². The number of aromatic nitrogens is 1. The molecule has 6 heteroatoms. The van der Waals surface area contributed by atoms with E-state index in [1.807, 2.05) is 6.07 Å². The molecule has 124 valence electrons. The van der Waals surface area contributed by atoms with E-state index in [9.17, 15) is 17.6 Å². The summed E-state index contributed by atoms with van der Waals surface area (Å²) in [5.41, 5.74) is 0.162. The Hall–Kier alpha value is -3.20. The van der Waals surface area contributed by atoms with Crippen molar-refractivity contribution >= 4 is 0 Å². The van der Waals surface area contributed by atoms with Crippen molar-refractivity contribution in [2.45, 2.75) is 6.42 Å². The van der Waals surface area contributed by atoms with Crippen molar-refractivity contribution in [1.29, 1.82) is 5.26 Å². The Morgan fingerprint density at radius 3 is 2.04 bits per heavy atom. The standard InChI is InChI=1S/C19H10F4N2/c20-14-5-1-3-12(17(14)22)16-8-7-11(9-10-24)19(25-16)13-4-2-6-15(21)18(13)23/h1-8H,9H2. The molecule has 0 saturated heterocycles. The number of pyridine rings is 1. The Morgan fingerprint density at radius 2 is 1.40 bits per heavy atom. The van der Waals surface area contributed by atoms with Crippen molar-refractivity contribution in [2.24, 2.45) is 0 Å². The molecule has 0 atom stereocenters. The molecule has 0 aliphatic heterocycles. The Morgan fingerprint density at radius 1 is 0.800 bits per heavy atom. The fraction of sp³-hybridized carbons (Fsp3) is 0.0526. The van der Waals surface area contributed by atoms with Crippen LogP contribution in [0.4, 0.5) is 17.6 Å². The summed E-state index contributed by atoms with van der Waals surface area (Å²) in [4.78, 5) is 4.17. The lowest BCUT2D eigenvalue weighted by molar-refractivity contribution is 0.510. The van der Waals surface area contributed by atoms with E-state index in [2.05, 4.69) is 4.98 Å². The lowest BCUT2D eigenvalue weighted by Gasteiger charge is -2.11. The quantitative estimate of drug-likeness (QED) is 0.626. The second kappa shape index (κ2) is 6.73. The highest BCUT2D eigenvalue weighted by atomic mass is 19.2. The SMILES string of the molecule is N#CCc1ccc(-c2cccc(F)c2F)nc1-c1cccc(F)c1F. The second-order valence-electron chi connectivity index (χ2n) is 5.24. The summed E-state index contributed by atoms with van der Waals surface area (Å²) in [5, 5.41) is 8.93. The number of hydrogen-bond donors (Lipinski definition) is 0. The van der Waals surface area contributed by atoms with E-state index in [1.54, 1.807) is 0 Å². The highest BCUT2D eigenvalue weighted by Gasteiger charge is 2.18. The number of halogens is 4. The Kier molecular flexibility index (Phi) is 4.48. The molecular formula is C19H10F4N2. The van der Waals surface area contributed by atoms with Gasteiger partial charge < -0.3 is 0 Å². The first-order valence-corrected chi connectivity index (χ1v) is 7.28. The maximum absolute atomic E-state index is 14.2. The molecule has 1 aromatic heterocycles. The molecule has 0 N–H and O–H groups in total. The van der Waals surface area contributed by atoms with E-state index in [1.165, 1.54) is 36.4 Å². The van der Waals surface area contributed by atoms with Gasteiger partial charge in [0.1, 0.15) is 0 Å². The van der Waals surface area contributed by atoms with E-state index >= 15 is 0 Å². The van der Waals surface area contributed by atoms with Crippen LogP contribution in [0.5, 0.6) is 0 Å². The largest absolute Gasteiger partial charge is 0.247 e. The minimum atomic E-state index is -1.12. The average molecular weight is 342 g/mol. The summed E-state index contributed by atoms with van der Waals surface area (Å²) in [6, 6.07) is 12.0. The molecule has 0 fully saturated rings. The first-order chi connectivity index (χ1) is 12.0. The smallest absolute Gasteiger partial charge is 0.168 e. The molecule has 1 heterocycles. The molecule has 0 amide bonds. The van der Waals surface area contributed by atoms with Crippen LogP contribution < -0.4 is 0 Å². The van der Waals surface area contributed by atoms with Gasteiger partial charge >= 0.3 is 0 Å². The first kappa shape index (κ1) is 16.7. The number of benzene rings is 2. The first-order valence-electron chi connectivity index (χ1n) is 7.28. The van der Waals surface area contributed by atoms with Crippen molar-refractivity contribution in [3.8, 4) is 28.6 Å². The normalized spacial score (nSPS) is 10.5. The summed E-state index contributed by atoms with van der Waals surface area (Å²) < 4.78 is 55.2. The molecule has 2 aromatic carbocycles. The minimum absolute atomic E-state index is 0.0136. The minimum Gasteiger partial charge on any atom is -0.247 e. The van der Waals surface area contributed by atoms with Gasteiger partial charge in [-0.2, -0.15) is 5.26 Å². The third kappa shape index (κ3) is 3.09. The van der Waals surface area contributed by atoms with Gasteiger partial charge in [0.15, 0.2) is 23.3 Å². The van der Waals surface area contributed by atoms with E-state index < -0.39 is 23.3 Å². The second-order valence-corrected chi connectivity index (χ2v) is 5.24. The van der Waals surface area contributed by atoms with Crippen molar-refractivity contribution in [3.05, 3.63) is 77.4 Å². The summed E-state index contributed by atoms with van der Waals surface area (Å²) in [6.45, 7) is 0. The predicted molar refractivity (Wildman–Crippen MR) is 84.3 cm³/mol. The Labute approximate surface area is 141 Å². The Bertz CT molecular complexity index is 993. The lowest BCUT2D eigenvalue weighted by Crippen LogP contribution is -2.00. The van der Waals surface area contributed by atoms with Gasteiger partial charge in [0, 0.05) is 11.1 Å². The molecule has 0 unspecified atom stereocenters. The summed E-state index contributed by atoms with van der Waals surface area (Å²) in [6.07, 6.45) is -0.0931. The van der Waals surface area contributed by atoms with Crippen LogP contribution in [0.3, 0.4) is 0 Å². The van der Waals surface area contributed by atoms with Crippen molar-refractivity contribution in [1.82, 2.24) is 4.98 Å². The maximum Gasteiger partial charge on any atom is 0.168 e. The molecule has 3 rings (SSSR count). The van der Waals surface area contributed by atoms with E-state index in [0.717, 1.165) is 12.1 Å². The molecule has 25 heavy (non-hydrogen) atoms. The summed E-state index contributed by atoms with van der Waals surface area (Å²) >= 11 is 0. The highest BCUT2D eigenvalue weighted by molar-refractivity contribution is 5.70. The zero-order chi connectivity index (χ0) is 18.0. The van der Waals surface area contributed by atoms with Crippen LogP contribution in [0, 0.1) is 34.6 Å². The van der Waals surface area contributed by atoms with Crippen LogP contribution in [0.15, 0.2) is 48.5 Å². The van der Waals surface area contributed by atoms with Gasteiger partial charge in [0.25, 0.3) is 0 Å². The van der Waals surface area contributed by atoms with Crippen molar-refractivity contribution in [3.63, 3.8) is 0 Å². The average Bonchev–Trinajstić information content (AvgIpc) is 2.61. The zero-order valence-electron chi connectivity index (χ0n) is 12.7. The van der Waals surface area contributed by atoms with Gasteiger partial charge in [-0.1, -0.05) is 18.2 Å². The molecule has 0 spiro atoms. The van der Waals surface area contributed by atoms with Crippen LogP contribution in [0.2, 0.25) is 0 Å². The molecule has 3 aromatic rings. The molecule has 0 aliphatic carbocycles. The van der Waals surface area contributed by atoms with E-state index in [0.29, 0.717) is 5.56 Å². The van der Waals surface area contributed by atoms with Gasteiger partial charge in [-0.3, -0.25) is 0 Å². The van der Waals surface area contributed by atoms with Crippen molar-refractivity contribution in [2.75, 3.05) is 0 Å². The topological polar surface area (TPSA) is 36.7 Å². The molecule has 0 saturated carbocycles. The number of hydrogen-bond acceptors (Lipinski definition) is 2. The van der Waals surface area contributed by atoms with Gasteiger partial charge in [-0.25, -0.2) is 22.5 Å². The number of rotatable bonds is 3. The monoisotopic (exact) mass is 342 g/mol. The third-order valence-corrected chi connectivity index (χ3v) is 3.68.